The molecular formula is C23H20FN7O4S. The molecule has 0 saturated carbocycles. The van der Waals surface area contributed by atoms with E-state index in [0.29, 0.717) is 22.4 Å². The zero-order valence-electron chi connectivity index (χ0n) is 18.9. The van der Waals surface area contributed by atoms with Gasteiger partial charge in [0.25, 0.3) is 17.6 Å². The minimum atomic E-state index is -3.63. The molecule has 1 aliphatic rings. The van der Waals surface area contributed by atoms with Crippen LogP contribution in [0, 0.1) is 12.7 Å². The summed E-state index contributed by atoms with van der Waals surface area (Å²) in [6.07, 6.45) is 1.18. The molecule has 4 aromatic rings. The van der Waals surface area contributed by atoms with E-state index in [9.17, 15) is 22.4 Å². The summed E-state index contributed by atoms with van der Waals surface area (Å²) < 4.78 is 39.8. The van der Waals surface area contributed by atoms with Crippen molar-refractivity contribution >= 4 is 33.1 Å². The second-order valence-corrected chi connectivity index (χ2v) is 10.4. The first kappa shape index (κ1) is 23.4. The van der Waals surface area contributed by atoms with Gasteiger partial charge in [-0.2, -0.15) is 14.6 Å². The number of nitrogens with zero attached hydrogens (tertiary/aromatic N) is 4. The molecule has 4 N–H and O–H groups in total. The summed E-state index contributed by atoms with van der Waals surface area (Å²) in [4.78, 5) is 34.2. The average molecular weight is 510 g/mol. The van der Waals surface area contributed by atoms with Gasteiger partial charge in [0.15, 0.2) is 9.84 Å². The van der Waals surface area contributed by atoms with Gasteiger partial charge in [0.1, 0.15) is 23.5 Å². The normalized spacial score (nSPS) is 16.0. The number of nitrogens with one attached hydrogen (secondary N) is 2. The van der Waals surface area contributed by atoms with Crippen LogP contribution >= 0.6 is 0 Å². The third-order valence-corrected chi connectivity index (χ3v) is 7.63. The van der Waals surface area contributed by atoms with Crippen molar-refractivity contribution in [3.63, 3.8) is 0 Å². The summed E-state index contributed by atoms with van der Waals surface area (Å²) in [5, 5.41) is 9.38. The number of fused-ring (bicyclic) bond motifs is 2. The molecule has 0 aliphatic carbocycles. The van der Waals surface area contributed by atoms with Gasteiger partial charge in [0, 0.05) is 18.3 Å². The quantitative estimate of drug-likeness (QED) is 0.340. The van der Waals surface area contributed by atoms with Crippen LogP contribution in [-0.2, 0) is 16.4 Å². The molecule has 2 amide bonds. The number of carbonyl (C=O) groups is 2. The Kier molecular flexibility index (Phi) is 5.63. The van der Waals surface area contributed by atoms with E-state index in [-0.39, 0.29) is 40.2 Å². The molecule has 1 atom stereocenters. The first-order valence-corrected chi connectivity index (χ1v) is 12.4. The molecule has 0 fully saturated rings. The maximum atomic E-state index is 13.5. The number of aromatic nitrogens is 4. The lowest BCUT2D eigenvalue weighted by molar-refractivity contribution is 0.0933. The Labute approximate surface area is 204 Å². The number of sulfone groups is 1. The maximum Gasteiger partial charge on any atom is 0.270 e. The van der Waals surface area contributed by atoms with Crippen molar-refractivity contribution in [1.82, 2.24) is 30.2 Å². The average Bonchev–Trinajstić information content (AvgIpc) is 3.40. The fraction of sp³-hybridized carbons (Fsp3) is 0.174. The van der Waals surface area contributed by atoms with Gasteiger partial charge in [0.05, 0.1) is 16.7 Å². The highest BCUT2D eigenvalue weighted by Gasteiger charge is 2.36. The Morgan fingerprint density at radius 2 is 1.97 bits per heavy atom. The number of benzene rings is 2. The van der Waals surface area contributed by atoms with Crippen molar-refractivity contribution in [2.45, 2.75) is 24.4 Å². The summed E-state index contributed by atoms with van der Waals surface area (Å²) in [5.74, 6) is -1.91. The standard InChI is InChI=1S/C23H20FN7O4S/c1-12-6-13(2-5-16(12)24)9-26-21(32)17-8-19(31-23(30-17)27-11-28-31)22(33)29-18-10-36(34,35)20-7-14(25)3-4-15(18)20/h2-8,11,18H,9-10,25H2,1H3,(H,26,32)(H,29,33). The Morgan fingerprint density at radius 1 is 1.17 bits per heavy atom. The topological polar surface area (TPSA) is 161 Å². The van der Waals surface area contributed by atoms with Gasteiger partial charge in [0.2, 0.25) is 0 Å². The molecule has 0 saturated heterocycles. The first-order valence-electron chi connectivity index (χ1n) is 10.8. The lowest BCUT2D eigenvalue weighted by Crippen LogP contribution is -2.32. The Bertz CT molecular complexity index is 1650. The van der Waals surface area contributed by atoms with E-state index in [1.54, 1.807) is 31.2 Å². The molecule has 3 heterocycles. The van der Waals surface area contributed by atoms with Crippen LogP contribution in [0.25, 0.3) is 5.78 Å². The van der Waals surface area contributed by atoms with Crippen LogP contribution in [0.5, 0.6) is 0 Å². The number of carbonyl (C=O) groups excluding carboxylic acids is 2. The van der Waals surface area contributed by atoms with Crippen LogP contribution in [0.3, 0.4) is 0 Å². The molecule has 13 heteroatoms. The lowest BCUT2D eigenvalue weighted by Gasteiger charge is -2.14. The number of rotatable bonds is 5. The van der Waals surface area contributed by atoms with E-state index in [2.05, 4.69) is 25.7 Å². The van der Waals surface area contributed by atoms with Crippen molar-refractivity contribution in [2.75, 3.05) is 11.5 Å². The van der Waals surface area contributed by atoms with E-state index in [1.807, 2.05) is 0 Å². The molecule has 1 unspecified atom stereocenters. The predicted octanol–water partition coefficient (Wildman–Crippen LogP) is 1.34. The van der Waals surface area contributed by atoms with Gasteiger partial charge < -0.3 is 16.4 Å². The summed E-state index contributed by atoms with van der Waals surface area (Å²) in [6.45, 7) is 1.73. The molecule has 11 nitrogen and oxygen atoms in total. The second kappa shape index (κ2) is 8.68. The van der Waals surface area contributed by atoms with Crippen LogP contribution < -0.4 is 16.4 Å². The smallest absolute Gasteiger partial charge is 0.270 e. The largest absolute Gasteiger partial charge is 0.399 e. The van der Waals surface area contributed by atoms with Gasteiger partial charge in [-0.05, 0) is 41.8 Å². The summed E-state index contributed by atoms with van der Waals surface area (Å²) in [6, 6.07) is 9.40. The van der Waals surface area contributed by atoms with E-state index >= 15 is 0 Å². The second-order valence-electron chi connectivity index (χ2n) is 8.37. The van der Waals surface area contributed by atoms with Gasteiger partial charge in [-0.25, -0.2) is 17.8 Å². The van der Waals surface area contributed by atoms with Crippen molar-refractivity contribution in [3.8, 4) is 0 Å². The number of amides is 2. The van der Waals surface area contributed by atoms with Crippen molar-refractivity contribution in [2.24, 2.45) is 0 Å². The first-order chi connectivity index (χ1) is 17.1. The third kappa shape index (κ3) is 4.24. The molecule has 1 aliphatic heterocycles. The van der Waals surface area contributed by atoms with E-state index in [1.165, 1.54) is 24.5 Å². The molecule has 184 valence electrons. The monoisotopic (exact) mass is 509 g/mol. The van der Waals surface area contributed by atoms with Crippen LogP contribution in [0.4, 0.5) is 10.1 Å². The molecular weight excluding hydrogens is 489 g/mol. The van der Waals surface area contributed by atoms with Crippen LogP contribution in [0.1, 0.15) is 43.7 Å². The van der Waals surface area contributed by atoms with Crippen molar-refractivity contribution < 1.29 is 22.4 Å². The van der Waals surface area contributed by atoms with Crippen molar-refractivity contribution in [1.29, 1.82) is 0 Å². The van der Waals surface area contributed by atoms with Crippen molar-refractivity contribution in [3.05, 3.63) is 82.7 Å². The molecule has 0 bridgehead atoms. The predicted molar refractivity (Wildman–Crippen MR) is 126 cm³/mol. The van der Waals surface area contributed by atoms with E-state index in [4.69, 9.17) is 5.73 Å². The molecule has 0 radical (unpaired) electrons. The number of hydrogen-bond donors (Lipinski definition) is 3. The van der Waals surface area contributed by atoms with Gasteiger partial charge in [-0.3, -0.25) is 9.59 Å². The van der Waals surface area contributed by atoms with Crippen LogP contribution in [0.2, 0.25) is 0 Å². The number of aryl methyl sites for hydroxylation is 1. The third-order valence-electron chi connectivity index (χ3n) is 5.83. The number of anilines is 1. The number of nitrogen functional groups attached to an aromatic ring is 1. The maximum absolute atomic E-state index is 13.5. The molecule has 2 aromatic carbocycles. The minimum absolute atomic E-state index is 0.0117. The fourth-order valence-corrected chi connectivity index (χ4v) is 5.81. The summed E-state index contributed by atoms with van der Waals surface area (Å²) in [5.41, 5.74) is 7.44. The Balaban J connectivity index is 1.40. The molecule has 2 aromatic heterocycles. The Morgan fingerprint density at radius 3 is 2.75 bits per heavy atom. The number of halogens is 1. The highest BCUT2D eigenvalue weighted by molar-refractivity contribution is 7.91. The summed E-state index contributed by atoms with van der Waals surface area (Å²) in [7, 11) is -3.63. The highest BCUT2D eigenvalue weighted by atomic mass is 32.2. The van der Waals surface area contributed by atoms with Gasteiger partial charge >= 0.3 is 0 Å². The van der Waals surface area contributed by atoms with Crippen LogP contribution in [0.15, 0.2) is 53.7 Å². The number of hydrogen-bond acceptors (Lipinski definition) is 8. The number of nitrogens with two attached hydrogens (primary N) is 1. The molecule has 36 heavy (non-hydrogen) atoms. The molecule has 5 rings (SSSR count). The highest BCUT2D eigenvalue weighted by Crippen LogP contribution is 2.34. The van der Waals surface area contributed by atoms with Crippen LogP contribution in [-0.4, -0.2) is 45.6 Å². The fourth-order valence-electron chi connectivity index (χ4n) is 4.04. The zero-order chi connectivity index (χ0) is 25.6. The van der Waals surface area contributed by atoms with Gasteiger partial charge in [-0.15, -0.1) is 0 Å². The minimum Gasteiger partial charge on any atom is -0.399 e. The van der Waals surface area contributed by atoms with E-state index < -0.39 is 27.7 Å². The van der Waals surface area contributed by atoms with Gasteiger partial charge in [-0.1, -0.05) is 18.2 Å². The molecule has 0 spiro atoms. The zero-order valence-corrected chi connectivity index (χ0v) is 19.7. The SMILES string of the molecule is Cc1cc(CNC(=O)c2cc(C(=O)NC3CS(=O)(=O)c4cc(N)ccc43)n3ncnc3n2)ccc1F. The lowest BCUT2D eigenvalue weighted by atomic mass is 10.1. The summed E-state index contributed by atoms with van der Waals surface area (Å²) >= 11 is 0. The van der Waals surface area contributed by atoms with E-state index in [0.717, 1.165) is 4.52 Å². The Hall–Kier alpha value is -4.39.